The van der Waals surface area contributed by atoms with Crippen LogP contribution in [0, 0.1) is 0 Å². The number of nitrogens with one attached hydrogen (secondary N) is 2. The van der Waals surface area contributed by atoms with Crippen LogP contribution in [-0.2, 0) is 10.0 Å². The maximum Gasteiger partial charge on any atom is 0.255 e. The monoisotopic (exact) mass is 451 g/mol. The highest BCUT2D eigenvalue weighted by molar-refractivity contribution is 7.89. The fourth-order valence-electron chi connectivity index (χ4n) is 3.44. The van der Waals surface area contributed by atoms with E-state index in [2.05, 4.69) is 20.0 Å². The normalized spacial score (nSPS) is 15.9. The van der Waals surface area contributed by atoms with Gasteiger partial charge in [-0.15, -0.1) is 0 Å². The van der Waals surface area contributed by atoms with Gasteiger partial charge in [-0.1, -0.05) is 18.2 Å². The fourth-order valence-corrected chi connectivity index (χ4v) is 4.75. The van der Waals surface area contributed by atoms with Gasteiger partial charge < -0.3 is 15.8 Å². The van der Waals surface area contributed by atoms with Crippen molar-refractivity contribution in [2.45, 2.75) is 23.8 Å². The van der Waals surface area contributed by atoms with Crippen LogP contribution in [0.15, 0.2) is 53.6 Å². The molecule has 0 radical (unpaired) electrons. The third kappa shape index (κ3) is 4.02. The number of carbonyl (C=O) groups is 1. The zero-order chi connectivity index (χ0) is 22.3. The van der Waals surface area contributed by atoms with Crippen LogP contribution >= 0.6 is 0 Å². The number of ether oxygens (including phenoxy) is 1. The Kier molecular flexibility index (Phi) is 5.03. The van der Waals surface area contributed by atoms with Gasteiger partial charge in [-0.3, -0.25) is 4.79 Å². The lowest BCUT2D eigenvalue weighted by molar-refractivity contribution is 0.0957. The van der Waals surface area contributed by atoms with Gasteiger partial charge in [0.1, 0.15) is 23.9 Å². The van der Waals surface area contributed by atoms with Crippen molar-refractivity contribution in [2.24, 2.45) is 0 Å². The van der Waals surface area contributed by atoms with Crippen LogP contribution in [0.25, 0.3) is 22.5 Å². The Hall–Kier alpha value is -3.50. The maximum atomic E-state index is 12.4. The molecule has 0 spiro atoms. The summed E-state index contributed by atoms with van der Waals surface area (Å²) < 4.78 is 33.1. The van der Waals surface area contributed by atoms with Gasteiger partial charge in [0.05, 0.1) is 28.9 Å². The SMILES string of the molecule is Nc1ncc(-c2ccc(S(=O)(=O)NC3CC3)cc2)nc1-c1ccc2c(c1)OCCNC2=O. The van der Waals surface area contributed by atoms with E-state index in [1.54, 1.807) is 42.5 Å². The molecule has 0 atom stereocenters. The van der Waals surface area contributed by atoms with Crippen LogP contribution < -0.4 is 20.5 Å². The number of nitrogens with zero attached hydrogens (tertiary/aromatic N) is 2. The summed E-state index contributed by atoms with van der Waals surface area (Å²) in [4.78, 5) is 21.2. The Morgan fingerprint density at radius 2 is 1.84 bits per heavy atom. The molecule has 0 unspecified atom stereocenters. The summed E-state index contributed by atoms with van der Waals surface area (Å²) in [5, 5.41) is 2.77. The molecule has 32 heavy (non-hydrogen) atoms. The number of carbonyl (C=O) groups excluding carboxylic acids is 1. The number of amides is 1. The molecule has 0 bridgehead atoms. The summed E-state index contributed by atoms with van der Waals surface area (Å²) in [5.74, 6) is 0.504. The van der Waals surface area contributed by atoms with Crippen molar-refractivity contribution in [2.75, 3.05) is 18.9 Å². The molecule has 1 aromatic heterocycles. The minimum absolute atomic E-state index is 0.0427. The summed E-state index contributed by atoms with van der Waals surface area (Å²) in [6, 6.07) is 11.7. The van der Waals surface area contributed by atoms with E-state index in [0.717, 1.165) is 12.8 Å². The summed E-state index contributed by atoms with van der Waals surface area (Å²) in [6.07, 6.45) is 3.29. The summed E-state index contributed by atoms with van der Waals surface area (Å²) >= 11 is 0. The largest absolute Gasteiger partial charge is 0.491 e. The second kappa shape index (κ2) is 7.88. The molecule has 1 fully saturated rings. The number of benzene rings is 2. The number of hydrogen-bond donors (Lipinski definition) is 3. The Balaban J connectivity index is 1.47. The van der Waals surface area contributed by atoms with Crippen molar-refractivity contribution < 1.29 is 17.9 Å². The standard InChI is InChI=1S/C22H21N5O4S/c23-21-20(14-3-8-17-19(11-14)31-10-9-24-22(17)28)26-18(12-25-21)13-1-6-16(7-2-13)32(29,30)27-15-4-5-15/h1-3,6-8,11-12,15,27H,4-5,9-10H2,(H2,23,25)(H,24,28). The second-order valence-electron chi connectivity index (χ2n) is 7.72. The quantitative estimate of drug-likeness (QED) is 0.539. The molecule has 10 heteroatoms. The predicted octanol–water partition coefficient (Wildman–Crippen LogP) is 1.96. The zero-order valence-electron chi connectivity index (χ0n) is 17.0. The van der Waals surface area contributed by atoms with E-state index in [1.165, 1.54) is 6.20 Å². The van der Waals surface area contributed by atoms with Crippen LogP contribution in [0.3, 0.4) is 0 Å². The molecule has 164 valence electrons. The lowest BCUT2D eigenvalue weighted by Crippen LogP contribution is -2.25. The molecule has 9 nitrogen and oxygen atoms in total. The van der Waals surface area contributed by atoms with Gasteiger partial charge in [0.2, 0.25) is 10.0 Å². The minimum Gasteiger partial charge on any atom is -0.491 e. The minimum atomic E-state index is -3.52. The van der Waals surface area contributed by atoms with E-state index in [-0.39, 0.29) is 22.7 Å². The van der Waals surface area contributed by atoms with Crippen LogP contribution in [0.1, 0.15) is 23.2 Å². The van der Waals surface area contributed by atoms with E-state index in [0.29, 0.717) is 47.0 Å². The third-order valence-corrected chi connectivity index (χ3v) is 6.84. The van der Waals surface area contributed by atoms with E-state index in [1.807, 2.05) is 0 Å². The molecule has 0 saturated heterocycles. The van der Waals surface area contributed by atoms with Gasteiger partial charge in [0.25, 0.3) is 5.91 Å². The average molecular weight is 452 g/mol. The first kappa shape index (κ1) is 20.4. The van der Waals surface area contributed by atoms with Crippen molar-refractivity contribution >= 4 is 21.7 Å². The first-order valence-corrected chi connectivity index (χ1v) is 11.7. The lowest BCUT2D eigenvalue weighted by atomic mass is 10.1. The number of hydrogen-bond acceptors (Lipinski definition) is 7. The van der Waals surface area contributed by atoms with Crippen LogP contribution in [0.4, 0.5) is 5.82 Å². The zero-order valence-corrected chi connectivity index (χ0v) is 17.9. The molecular weight excluding hydrogens is 430 g/mol. The molecule has 2 aliphatic rings. The number of nitrogen functional groups attached to an aromatic ring is 1. The first-order valence-electron chi connectivity index (χ1n) is 10.2. The van der Waals surface area contributed by atoms with Crippen molar-refractivity contribution in [3.05, 3.63) is 54.2 Å². The Morgan fingerprint density at radius 1 is 1.09 bits per heavy atom. The highest BCUT2D eigenvalue weighted by Crippen LogP contribution is 2.31. The molecule has 1 aliphatic heterocycles. The van der Waals surface area contributed by atoms with Crippen molar-refractivity contribution in [1.29, 1.82) is 0 Å². The van der Waals surface area contributed by atoms with E-state index in [9.17, 15) is 13.2 Å². The number of rotatable bonds is 5. The third-order valence-electron chi connectivity index (χ3n) is 5.31. The van der Waals surface area contributed by atoms with Gasteiger partial charge in [-0.2, -0.15) is 0 Å². The molecule has 1 saturated carbocycles. The van der Waals surface area contributed by atoms with Gasteiger partial charge in [0, 0.05) is 17.2 Å². The summed E-state index contributed by atoms with van der Waals surface area (Å²) in [7, 11) is -3.52. The molecule has 3 aromatic rings. The Labute approximate surface area is 185 Å². The molecule has 2 aromatic carbocycles. The topological polar surface area (TPSA) is 136 Å². The number of nitrogens with two attached hydrogens (primary N) is 1. The molecular formula is C22H21N5O4S. The number of fused-ring (bicyclic) bond motifs is 1. The summed E-state index contributed by atoms with van der Waals surface area (Å²) in [5.41, 5.74) is 8.90. The average Bonchev–Trinajstić information content (AvgIpc) is 3.61. The van der Waals surface area contributed by atoms with Gasteiger partial charge in [-0.25, -0.2) is 23.1 Å². The molecule has 1 aliphatic carbocycles. The van der Waals surface area contributed by atoms with Crippen molar-refractivity contribution in [3.63, 3.8) is 0 Å². The second-order valence-corrected chi connectivity index (χ2v) is 9.44. The smallest absolute Gasteiger partial charge is 0.255 e. The predicted molar refractivity (Wildman–Crippen MR) is 118 cm³/mol. The lowest BCUT2D eigenvalue weighted by Gasteiger charge is -2.11. The Morgan fingerprint density at radius 3 is 2.59 bits per heavy atom. The van der Waals surface area contributed by atoms with Crippen LogP contribution in [0.5, 0.6) is 5.75 Å². The number of anilines is 1. The summed E-state index contributed by atoms with van der Waals surface area (Å²) in [6.45, 7) is 0.802. The highest BCUT2D eigenvalue weighted by Gasteiger charge is 2.28. The van der Waals surface area contributed by atoms with Gasteiger partial charge >= 0.3 is 0 Å². The maximum absolute atomic E-state index is 12.4. The first-order chi connectivity index (χ1) is 15.4. The van der Waals surface area contributed by atoms with Crippen LogP contribution in [-0.4, -0.2) is 43.5 Å². The molecule has 1 amide bonds. The highest BCUT2D eigenvalue weighted by atomic mass is 32.2. The van der Waals surface area contributed by atoms with Crippen molar-refractivity contribution in [1.82, 2.24) is 20.0 Å². The fraction of sp³-hybridized carbons (Fsp3) is 0.227. The van der Waals surface area contributed by atoms with Gasteiger partial charge in [0.15, 0.2) is 0 Å². The number of aromatic nitrogens is 2. The molecule has 2 heterocycles. The van der Waals surface area contributed by atoms with Gasteiger partial charge in [-0.05, 0) is 37.1 Å². The van der Waals surface area contributed by atoms with Crippen LogP contribution in [0.2, 0.25) is 0 Å². The van der Waals surface area contributed by atoms with E-state index >= 15 is 0 Å². The molecule has 4 N–H and O–H groups in total. The van der Waals surface area contributed by atoms with E-state index < -0.39 is 10.0 Å². The molecule has 5 rings (SSSR count). The van der Waals surface area contributed by atoms with E-state index in [4.69, 9.17) is 10.5 Å². The Bertz CT molecular complexity index is 1300. The van der Waals surface area contributed by atoms with Crippen molar-refractivity contribution in [3.8, 4) is 28.3 Å². The number of sulfonamides is 1.